The van der Waals surface area contributed by atoms with E-state index in [1.54, 1.807) is 11.6 Å². The van der Waals surface area contributed by atoms with Gasteiger partial charge in [0.1, 0.15) is 6.04 Å². The van der Waals surface area contributed by atoms with E-state index in [1.807, 2.05) is 13.8 Å². The van der Waals surface area contributed by atoms with Gasteiger partial charge < -0.3 is 16.0 Å². The molecule has 0 saturated carbocycles. The van der Waals surface area contributed by atoms with Gasteiger partial charge in [-0.15, -0.1) is 11.3 Å². The molecule has 0 spiro atoms. The molecule has 10 heteroatoms. The van der Waals surface area contributed by atoms with Gasteiger partial charge in [-0.25, -0.2) is 18.2 Å². The topological polar surface area (TPSA) is 117 Å². The molecule has 0 aromatic carbocycles. The Hall–Kier alpha value is -1.68. The Bertz CT molecular complexity index is 673. The van der Waals surface area contributed by atoms with Gasteiger partial charge in [0.2, 0.25) is 5.91 Å². The molecule has 1 aromatic rings. The average Bonchev–Trinajstić information content (AvgIpc) is 3.07. The lowest BCUT2D eigenvalue weighted by Gasteiger charge is -2.21. The number of carbonyl (C=O) groups is 2. The van der Waals surface area contributed by atoms with Crippen molar-refractivity contribution in [1.82, 2.24) is 15.6 Å². The predicted octanol–water partition coefficient (Wildman–Crippen LogP) is 0.983. The third kappa shape index (κ3) is 5.75. The predicted molar refractivity (Wildman–Crippen MR) is 92.7 cm³/mol. The lowest BCUT2D eigenvalue weighted by molar-refractivity contribution is -0.118. The molecule has 2 rings (SSSR count). The Balaban J connectivity index is 1.92. The van der Waals surface area contributed by atoms with Crippen LogP contribution in [0.4, 0.5) is 9.93 Å². The molecule has 134 valence electrons. The van der Waals surface area contributed by atoms with Gasteiger partial charge in [0.15, 0.2) is 15.0 Å². The Morgan fingerprint density at radius 2 is 2.17 bits per heavy atom. The molecule has 0 bridgehead atoms. The summed E-state index contributed by atoms with van der Waals surface area (Å²) in [5.74, 6) is -0.115. The summed E-state index contributed by atoms with van der Waals surface area (Å²) in [5.41, 5.74) is 0. The molecule has 1 unspecified atom stereocenters. The summed E-state index contributed by atoms with van der Waals surface area (Å²) in [5, 5.41) is 10.1. The maximum atomic E-state index is 12.3. The van der Waals surface area contributed by atoms with Crippen molar-refractivity contribution in [2.24, 2.45) is 5.92 Å². The summed E-state index contributed by atoms with van der Waals surface area (Å²) in [7, 11) is -3.07. The third-order valence-electron chi connectivity index (χ3n) is 3.56. The molecule has 1 aliphatic heterocycles. The Morgan fingerprint density at radius 1 is 1.42 bits per heavy atom. The summed E-state index contributed by atoms with van der Waals surface area (Å²) in [6.07, 6.45) is 2.45. The largest absolute Gasteiger partial charge is 0.334 e. The van der Waals surface area contributed by atoms with Crippen molar-refractivity contribution in [1.29, 1.82) is 0 Å². The summed E-state index contributed by atoms with van der Waals surface area (Å²) in [6, 6.07) is -1.65. The number of anilines is 1. The zero-order chi connectivity index (χ0) is 17.7. The first-order chi connectivity index (χ1) is 11.2. The molecule has 3 N–H and O–H groups in total. The first-order valence-corrected chi connectivity index (χ1v) is 10.4. The molecule has 1 fully saturated rings. The molecule has 1 aromatic heterocycles. The molecule has 2 heterocycles. The van der Waals surface area contributed by atoms with Crippen molar-refractivity contribution in [3.63, 3.8) is 0 Å². The smallest absolute Gasteiger partial charge is 0.315 e. The monoisotopic (exact) mass is 374 g/mol. The van der Waals surface area contributed by atoms with E-state index < -0.39 is 28.0 Å². The van der Waals surface area contributed by atoms with E-state index in [4.69, 9.17) is 0 Å². The van der Waals surface area contributed by atoms with Crippen molar-refractivity contribution < 1.29 is 18.0 Å². The molecule has 2 atom stereocenters. The molecule has 8 nitrogen and oxygen atoms in total. The Kier molecular flexibility index (Phi) is 6.16. The molecule has 0 aliphatic carbocycles. The van der Waals surface area contributed by atoms with Gasteiger partial charge in [0.25, 0.3) is 0 Å². The van der Waals surface area contributed by atoms with E-state index in [9.17, 15) is 18.0 Å². The first kappa shape index (κ1) is 18.7. The van der Waals surface area contributed by atoms with Crippen LogP contribution in [0.5, 0.6) is 0 Å². The summed E-state index contributed by atoms with van der Waals surface area (Å²) in [6.45, 7) is 3.90. The van der Waals surface area contributed by atoms with Crippen LogP contribution < -0.4 is 16.0 Å². The zero-order valence-corrected chi connectivity index (χ0v) is 15.2. The van der Waals surface area contributed by atoms with E-state index in [-0.39, 0.29) is 23.3 Å². The van der Waals surface area contributed by atoms with Crippen LogP contribution in [0.15, 0.2) is 11.6 Å². The van der Waals surface area contributed by atoms with Gasteiger partial charge >= 0.3 is 6.03 Å². The van der Waals surface area contributed by atoms with Crippen LogP contribution in [0, 0.1) is 5.92 Å². The number of sulfone groups is 1. The van der Waals surface area contributed by atoms with E-state index in [0.29, 0.717) is 18.0 Å². The number of nitrogens with one attached hydrogen (secondary N) is 3. The van der Waals surface area contributed by atoms with Crippen molar-refractivity contribution in [2.45, 2.75) is 38.8 Å². The number of thiazole rings is 1. The van der Waals surface area contributed by atoms with Gasteiger partial charge in [-0.05, 0) is 18.8 Å². The zero-order valence-electron chi connectivity index (χ0n) is 13.6. The first-order valence-electron chi connectivity index (χ1n) is 7.73. The van der Waals surface area contributed by atoms with Gasteiger partial charge in [0, 0.05) is 17.6 Å². The van der Waals surface area contributed by atoms with Gasteiger partial charge in [-0.3, -0.25) is 4.79 Å². The van der Waals surface area contributed by atoms with Crippen LogP contribution in [0.25, 0.3) is 0 Å². The fraction of sp³-hybridized carbons (Fsp3) is 0.643. The van der Waals surface area contributed by atoms with Crippen molar-refractivity contribution in [2.75, 3.05) is 16.8 Å². The number of carbonyl (C=O) groups excluding carboxylic acids is 2. The fourth-order valence-electron chi connectivity index (χ4n) is 2.47. The highest BCUT2D eigenvalue weighted by atomic mass is 32.2. The second-order valence-electron chi connectivity index (χ2n) is 6.23. The van der Waals surface area contributed by atoms with E-state index >= 15 is 0 Å². The number of hydrogen-bond donors (Lipinski definition) is 3. The molecule has 24 heavy (non-hydrogen) atoms. The number of rotatable bonds is 6. The standard InChI is InChI=1S/C14H22N4O4S2/c1-9(2)7-11(12(19)18-14-15-4-5-23-14)17-13(20)16-10-3-6-24(21,22)8-10/h4-5,9-11H,3,6-8H2,1-2H3,(H,15,18,19)(H2,16,17,20)/t10?,11-/m0/s1. The molecule has 0 radical (unpaired) electrons. The lowest BCUT2D eigenvalue weighted by Crippen LogP contribution is -2.51. The summed E-state index contributed by atoms with van der Waals surface area (Å²) < 4.78 is 22.9. The van der Waals surface area contributed by atoms with Crippen LogP contribution in [-0.2, 0) is 14.6 Å². The minimum absolute atomic E-state index is 0.0550. The van der Waals surface area contributed by atoms with Crippen LogP contribution in [-0.4, -0.2) is 48.9 Å². The van der Waals surface area contributed by atoms with Gasteiger partial charge in [-0.2, -0.15) is 0 Å². The molecular formula is C14H22N4O4S2. The maximum Gasteiger partial charge on any atom is 0.315 e. The Morgan fingerprint density at radius 3 is 2.71 bits per heavy atom. The normalized spacial score (nSPS) is 20.5. The number of aromatic nitrogens is 1. The summed E-state index contributed by atoms with van der Waals surface area (Å²) in [4.78, 5) is 28.4. The minimum Gasteiger partial charge on any atom is -0.334 e. The molecule has 3 amide bonds. The highest BCUT2D eigenvalue weighted by Crippen LogP contribution is 2.14. The third-order valence-corrected chi connectivity index (χ3v) is 6.02. The van der Waals surface area contributed by atoms with E-state index in [0.717, 1.165) is 0 Å². The number of urea groups is 1. The van der Waals surface area contributed by atoms with Crippen LogP contribution in [0.1, 0.15) is 26.7 Å². The Labute approximate surface area is 145 Å². The number of hydrogen-bond acceptors (Lipinski definition) is 6. The summed E-state index contributed by atoms with van der Waals surface area (Å²) >= 11 is 1.29. The molecule has 1 aliphatic rings. The number of amides is 3. The highest BCUT2D eigenvalue weighted by molar-refractivity contribution is 7.91. The quantitative estimate of drug-likeness (QED) is 0.686. The second kappa shape index (κ2) is 7.93. The van der Waals surface area contributed by atoms with E-state index in [1.165, 1.54) is 11.3 Å². The van der Waals surface area contributed by atoms with Crippen LogP contribution >= 0.6 is 11.3 Å². The van der Waals surface area contributed by atoms with Gasteiger partial charge in [0.05, 0.1) is 11.5 Å². The van der Waals surface area contributed by atoms with Crippen LogP contribution in [0.3, 0.4) is 0 Å². The van der Waals surface area contributed by atoms with E-state index in [2.05, 4.69) is 20.9 Å². The maximum absolute atomic E-state index is 12.3. The average molecular weight is 374 g/mol. The highest BCUT2D eigenvalue weighted by Gasteiger charge is 2.30. The number of nitrogens with zero attached hydrogens (tertiary/aromatic N) is 1. The van der Waals surface area contributed by atoms with Crippen molar-refractivity contribution >= 4 is 38.2 Å². The van der Waals surface area contributed by atoms with Gasteiger partial charge in [-0.1, -0.05) is 13.8 Å². The van der Waals surface area contributed by atoms with Crippen molar-refractivity contribution in [3.05, 3.63) is 11.6 Å². The van der Waals surface area contributed by atoms with Crippen molar-refractivity contribution in [3.8, 4) is 0 Å². The second-order valence-corrected chi connectivity index (χ2v) is 9.35. The van der Waals surface area contributed by atoms with Crippen LogP contribution in [0.2, 0.25) is 0 Å². The molecular weight excluding hydrogens is 352 g/mol. The fourth-order valence-corrected chi connectivity index (χ4v) is 4.68. The SMILES string of the molecule is CC(C)C[C@H](NC(=O)NC1CCS(=O)(=O)C1)C(=O)Nc1nccs1. The lowest BCUT2D eigenvalue weighted by atomic mass is 10.0. The minimum atomic E-state index is -3.07. The molecule has 1 saturated heterocycles.